The van der Waals surface area contributed by atoms with Crippen LogP contribution >= 0.6 is 0 Å². The first-order valence-corrected chi connectivity index (χ1v) is 8.50. The highest BCUT2D eigenvalue weighted by molar-refractivity contribution is 5.81. The number of aryl methyl sites for hydroxylation is 3. The lowest BCUT2D eigenvalue weighted by Gasteiger charge is -2.20. The number of hydrogen-bond acceptors (Lipinski definition) is 3. The number of nitrogens with one attached hydrogen (secondary N) is 1. The molecular weight excluding hydrogens is 294 g/mol. The van der Waals surface area contributed by atoms with Crippen molar-refractivity contribution in [1.29, 1.82) is 0 Å². The summed E-state index contributed by atoms with van der Waals surface area (Å²) in [6, 6.07) is 16.9. The van der Waals surface area contributed by atoms with Crippen LogP contribution in [0.15, 0.2) is 48.5 Å². The maximum absolute atomic E-state index is 5.01. The van der Waals surface area contributed by atoms with Gasteiger partial charge in [0.05, 0.1) is 17.1 Å². The average Bonchev–Trinajstić information content (AvgIpc) is 2.62. The molecule has 0 bridgehead atoms. The minimum absolute atomic E-state index is 0.940. The number of fused-ring (bicyclic) bond motifs is 1. The highest BCUT2D eigenvalue weighted by Crippen LogP contribution is 2.34. The molecule has 0 unspecified atom stereocenters. The van der Waals surface area contributed by atoms with E-state index in [1.54, 1.807) is 0 Å². The van der Waals surface area contributed by atoms with E-state index in [1.807, 2.05) is 0 Å². The van der Waals surface area contributed by atoms with E-state index in [0.717, 1.165) is 53.4 Å². The standard InChI is InChI=1S/C21H21N3/c1-14-9-11-16(12-10-14)19-20(17-7-4-3-6-15(17)2)24-21-18(23-19)8-5-13-22-21/h3-4,6-7,9-12H,5,8,13H2,1-2H3,(H,22,24). The average molecular weight is 315 g/mol. The van der Waals surface area contributed by atoms with Crippen molar-refractivity contribution in [1.82, 2.24) is 9.97 Å². The number of aromatic nitrogens is 2. The normalized spacial score (nSPS) is 13.2. The summed E-state index contributed by atoms with van der Waals surface area (Å²) in [6.45, 7) is 5.20. The molecule has 1 aliphatic rings. The van der Waals surface area contributed by atoms with Crippen molar-refractivity contribution in [2.75, 3.05) is 11.9 Å². The molecule has 1 N–H and O–H groups in total. The third-order valence-electron chi connectivity index (χ3n) is 4.58. The number of nitrogens with zero attached hydrogens (tertiary/aromatic N) is 2. The molecule has 4 rings (SSSR count). The summed E-state index contributed by atoms with van der Waals surface area (Å²) >= 11 is 0. The van der Waals surface area contributed by atoms with Gasteiger partial charge in [0.25, 0.3) is 0 Å². The Balaban J connectivity index is 1.96. The molecule has 1 aromatic heterocycles. The van der Waals surface area contributed by atoms with E-state index in [4.69, 9.17) is 9.97 Å². The van der Waals surface area contributed by atoms with Gasteiger partial charge >= 0.3 is 0 Å². The van der Waals surface area contributed by atoms with Gasteiger partial charge in [-0.25, -0.2) is 9.97 Å². The Morgan fingerprint density at radius 1 is 0.875 bits per heavy atom. The molecule has 0 saturated heterocycles. The van der Waals surface area contributed by atoms with Gasteiger partial charge in [0.2, 0.25) is 0 Å². The van der Waals surface area contributed by atoms with Crippen LogP contribution in [0.25, 0.3) is 22.5 Å². The van der Waals surface area contributed by atoms with Gasteiger partial charge in [0, 0.05) is 17.7 Å². The lowest BCUT2D eigenvalue weighted by molar-refractivity contribution is 0.790. The highest BCUT2D eigenvalue weighted by Gasteiger charge is 2.19. The lowest BCUT2D eigenvalue weighted by Crippen LogP contribution is -2.16. The summed E-state index contributed by atoms with van der Waals surface area (Å²) in [5, 5.41) is 3.41. The van der Waals surface area contributed by atoms with Gasteiger partial charge in [-0.05, 0) is 32.3 Å². The molecule has 0 saturated carbocycles. The molecule has 0 atom stereocenters. The third-order valence-corrected chi connectivity index (χ3v) is 4.58. The van der Waals surface area contributed by atoms with E-state index in [9.17, 15) is 0 Å². The Morgan fingerprint density at radius 3 is 2.46 bits per heavy atom. The quantitative estimate of drug-likeness (QED) is 0.739. The van der Waals surface area contributed by atoms with Crippen molar-refractivity contribution in [3.05, 3.63) is 65.4 Å². The molecule has 3 aromatic rings. The molecule has 1 aliphatic heterocycles. The number of benzene rings is 2. The van der Waals surface area contributed by atoms with Gasteiger partial charge in [-0.2, -0.15) is 0 Å². The fourth-order valence-corrected chi connectivity index (χ4v) is 3.19. The van der Waals surface area contributed by atoms with Crippen LogP contribution in [0.4, 0.5) is 5.82 Å². The van der Waals surface area contributed by atoms with Crippen LogP contribution in [-0.4, -0.2) is 16.5 Å². The smallest absolute Gasteiger partial charge is 0.148 e. The van der Waals surface area contributed by atoms with Crippen LogP contribution < -0.4 is 5.32 Å². The summed E-state index contributed by atoms with van der Waals surface area (Å²) in [7, 11) is 0. The van der Waals surface area contributed by atoms with Gasteiger partial charge in [-0.15, -0.1) is 0 Å². The van der Waals surface area contributed by atoms with E-state index >= 15 is 0 Å². The maximum atomic E-state index is 5.01. The zero-order valence-corrected chi connectivity index (χ0v) is 14.1. The Morgan fingerprint density at radius 2 is 1.67 bits per heavy atom. The summed E-state index contributed by atoms with van der Waals surface area (Å²) in [5.41, 5.74) is 7.76. The Bertz CT molecular complexity index is 882. The second-order valence-corrected chi connectivity index (χ2v) is 6.43. The summed E-state index contributed by atoms with van der Waals surface area (Å²) < 4.78 is 0. The second kappa shape index (κ2) is 6.08. The summed E-state index contributed by atoms with van der Waals surface area (Å²) in [6.07, 6.45) is 2.10. The van der Waals surface area contributed by atoms with Crippen LogP contribution in [0.2, 0.25) is 0 Å². The van der Waals surface area contributed by atoms with Crippen molar-refractivity contribution < 1.29 is 0 Å². The predicted octanol–water partition coefficient (Wildman–Crippen LogP) is 4.79. The zero-order valence-electron chi connectivity index (χ0n) is 14.1. The lowest BCUT2D eigenvalue weighted by atomic mass is 9.99. The minimum Gasteiger partial charge on any atom is -0.369 e. The van der Waals surface area contributed by atoms with Crippen molar-refractivity contribution in [3.63, 3.8) is 0 Å². The predicted molar refractivity (Wildman–Crippen MR) is 99.2 cm³/mol. The molecule has 3 heteroatoms. The zero-order chi connectivity index (χ0) is 16.5. The monoisotopic (exact) mass is 315 g/mol. The van der Waals surface area contributed by atoms with Crippen molar-refractivity contribution in [2.45, 2.75) is 26.7 Å². The molecule has 0 amide bonds. The number of hydrogen-bond donors (Lipinski definition) is 1. The van der Waals surface area contributed by atoms with Crippen LogP contribution in [0.3, 0.4) is 0 Å². The molecule has 2 aromatic carbocycles. The van der Waals surface area contributed by atoms with Gasteiger partial charge < -0.3 is 5.32 Å². The first-order chi connectivity index (χ1) is 11.7. The third kappa shape index (κ3) is 2.67. The Kier molecular flexibility index (Phi) is 3.77. The molecule has 120 valence electrons. The highest BCUT2D eigenvalue weighted by atomic mass is 15.0. The van der Waals surface area contributed by atoms with Crippen LogP contribution in [0.5, 0.6) is 0 Å². The minimum atomic E-state index is 0.940. The van der Waals surface area contributed by atoms with Gasteiger partial charge in [-0.1, -0.05) is 54.1 Å². The topological polar surface area (TPSA) is 37.8 Å². The van der Waals surface area contributed by atoms with E-state index in [0.29, 0.717) is 0 Å². The molecule has 0 fully saturated rings. The fourth-order valence-electron chi connectivity index (χ4n) is 3.19. The van der Waals surface area contributed by atoms with Crippen molar-refractivity contribution in [2.24, 2.45) is 0 Å². The van der Waals surface area contributed by atoms with E-state index in [2.05, 4.69) is 67.7 Å². The van der Waals surface area contributed by atoms with Crippen molar-refractivity contribution >= 4 is 5.82 Å². The van der Waals surface area contributed by atoms with Crippen molar-refractivity contribution in [3.8, 4) is 22.5 Å². The molecule has 3 nitrogen and oxygen atoms in total. The fraction of sp³-hybridized carbons (Fsp3) is 0.238. The van der Waals surface area contributed by atoms with Crippen LogP contribution in [0.1, 0.15) is 23.2 Å². The number of anilines is 1. The Hall–Kier alpha value is -2.68. The molecule has 24 heavy (non-hydrogen) atoms. The molecule has 0 aliphatic carbocycles. The molecule has 0 spiro atoms. The maximum Gasteiger partial charge on any atom is 0.148 e. The molecule has 0 radical (unpaired) electrons. The second-order valence-electron chi connectivity index (χ2n) is 6.43. The van der Waals surface area contributed by atoms with E-state index in [-0.39, 0.29) is 0 Å². The van der Waals surface area contributed by atoms with Gasteiger partial charge in [-0.3, -0.25) is 0 Å². The van der Waals surface area contributed by atoms with E-state index < -0.39 is 0 Å². The first kappa shape index (κ1) is 14.9. The van der Waals surface area contributed by atoms with E-state index in [1.165, 1.54) is 11.1 Å². The SMILES string of the molecule is Cc1ccc(-c2nc3c(nc2-c2ccccc2C)NCCC3)cc1. The van der Waals surface area contributed by atoms with Crippen LogP contribution in [-0.2, 0) is 6.42 Å². The first-order valence-electron chi connectivity index (χ1n) is 8.50. The summed E-state index contributed by atoms with van der Waals surface area (Å²) in [4.78, 5) is 9.98. The van der Waals surface area contributed by atoms with Crippen LogP contribution in [0, 0.1) is 13.8 Å². The largest absolute Gasteiger partial charge is 0.369 e. The molecular formula is C21H21N3. The molecule has 2 heterocycles. The van der Waals surface area contributed by atoms with Gasteiger partial charge in [0.15, 0.2) is 0 Å². The van der Waals surface area contributed by atoms with Gasteiger partial charge in [0.1, 0.15) is 5.82 Å². The Labute approximate surface area is 142 Å². The summed E-state index contributed by atoms with van der Waals surface area (Å²) in [5.74, 6) is 0.940. The number of rotatable bonds is 2.